The maximum Gasteiger partial charge on any atom is 0.339 e. The van der Waals surface area contributed by atoms with Crippen LogP contribution >= 0.6 is 0 Å². The second-order valence-corrected chi connectivity index (χ2v) is 6.36. The van der Waals surface area contributed by atoms with E-state index >= 15 is 0 Å². The molecular formula is C21H19NO5. The summed E-state index contributed by atoms with van der Waals surface area (Å²) in [6.45, 7) is 3.25. The van der Waals surface area contributed by atoms with Crippen molar-refractivity contribution in [2.75, 3.05) is 5.32 Å². The Balaban J connectivity index is 1.76. The van der Waals surface area contributed by atoms with Gasteiger partial charge < -0.3 is 14.8 Å². The molecule has 27 heavy (non-hydrogen) atoms. The lowest BCUT2D eigenvalue weighted by molar-refractivity contribution is -0.116. The first-order valence-corrected chi connectivity index (χ1v) is 8.51. The second-order valence-electron chi connectivity index (χ2n) is 6.36. The lowest BCUT2D eigenvalue weighted by Crippen LogP contribution is -2.16. The zero-order valence-electron chi connectivity index (χ0n) is 15.0. The Kier molecular flexibility index (Phi) is 5.07. The molecule has 3 rings (SSSR count). The SMILES string of the molecule is CC(=O)c1cccc(NC(=O)CCc2c(C)c3ccc(O)cc3oc2=O)c1. The van der Waals surface area contributed by atoms with Crippen LogP contribution in [0.5, 0.6) is 5.75 Å². The zero-order chi connectivity index (χ0) is 19.6. The smallest absolute Gasteiger partial charge is 0.339 e. The van der Waals surface area contributed by atoms with Crippen molar-refractivity contribution >= 4 is 28.3 Å². The molecular weight excluding hydrogens is 346 g/mol. The van der Waals surface area contributed by atoms with E-state index in [4.69, 9.17) is 4.42 Å². The van der Waals surface area contributed by atoms with Gasteiger partial charge in [0.1, 0.15) is 11.3 Å². The van der Waals surface area contributed by atoms with E-state index in [1.807, 2.05) is 0 Å². The van der Waals surface area contributed by atoms with Gasteiger partial charge in [-0.25, -0.2) is 4.79 Å². The van der Waals surface area contributed by atoms with Crippen LogP contribution in [0.4, 0.5) is 5.69 Å². The fourth-order valence-corrected chi connectivity index (χ4v) is 2.95. The molecule has 6 heteroatoms. The molecule has 2 aromatic carbocycles. The van der Waals surface area contributed by atoms with Crippen LogP contribution < -0.4 is 10.9 Å². The summed E-state index contributed by atoms with van der Waals surface area (Å²) in [5.74, 6) is -0.327. The van der Waals surface area contributed by atoms with Crippen molar-refractivity contribution in [2.24, 2.45) is 0 Å². The summed E-state index contributed by atoms with van der Waals surface area (Å²) in [5, 5.41) is 13.0. The first-order chi connectivity index (χ1) is 12.8. The molecule has 0 fully saturated rings. The number of nitrogens with one attached hydrogen (secondary N) is 1. The first-order valence-electron chi connectivity index (χ1n) is 8.51. The number of phenols is 1. The van der Waals surface area contributed by atoms with Crippen LogP contribution in [0.1, 0.15) is 34.8 Å². The summed E-state index contributed by atoms with van der Waals surface area (Å²) in [4.78, 5) is 35.9. The van der Waals surface area contributed by atoms with Gasteiger partial charge >= 0.3 is 5.63 Å². The van der Waals surface area contributed by atoms with E-state index in [0.29, 0.717) is 22.4 Å². The first kappa shape index (κ1) is 18.4. The van der Waals surface area contributed by atoms with Gasteiger partial charge in [-0.2, -0.15) is 0 Å². The number of phenolic OH excluding ortho intramolecular Hbond substituents is 1. The topological polar surface area (TPSA) is 96.6 Å². The standard InChI is InChI=1S/C21H19NO5/c1-12-17-7-6-16(24)11-19(17)27-21(26)18(12)8-9-20(25)22-15-5-3-4-14(10-15)13(2)23/h3-7,10-11,24H,8-9H2,1-2H3,(H,22,25). The maximum atomic E-state index is 12.2. The number of Topliss-reactive ketones (excluding diaryl/α,β-unsaturated/α-hetero) is 1. The van der Waals surface area contributed by atoms with Crippen molar-refractivity contribution < 1.29 is 19.1 Å². The number of hydrogen-bond acceptors (Lipinski definition) is 5. The fourth-order valence-electron chi connectivity index (χ4n) is 2.95. The predicted octanol–water partition coefficient (Wildman–Crippen LogP) is 3.58. The Hall–Kier alpha value is -3.41. The Morgan fingerprint density at radius 2 is 1.93 bits per heavy atom. The quantitative estimate of drug-likeness (QED) is 0.532. The minimum atomic E-state index is -0.517. The summed E-state index contributed by atoms with van der Waals surface area (Å²) in [6.07, 6.45) is 0.322. The average molecular weight is 365 g/mol. The number of hydrogen-bond donors (Lipinski definition) is 2. The number of anilines is 1. The average Bonchev–Trinajstić information content (AvgIpc) is 2.61. The van der Waals surface area contributed by atoms with Gasteiger partial charge in [0.2, 0.25) is 5.91 Å². The third-order valence-electron chi connectivity index (χ3n) is 4.43. The molecule has 0 unspecified atom stereocenters. The van der Waals surface area contributed by atoms with Gasteiger partial charge in [-0.1, -0.05) is 12.1 Å². The van der Waals surface area contributed by atoms with Gasteiger partial charge in [0.05, 0.1) is 0 Å². The predicted molar refractivity (Wildman–Crippen MR) is 102 cm³/mol. The van der Waals surface area contributed by atoms with Crippen LogP contribution in [0.3, 0.4) is 0 Å². The fraction of sp³-hybridized carbons (Fsp3) is 0.190. The van der Waals surface area contributed by atoms with E-state index in [0.717, 1.165) is 10.9 Å². The number of fused-ring (bicyclic) bond motifs is 1. The van der Waals surface area contributed by atoms with Gasteiger partial charge in [-0.3, -0.25) is 9.59 Å². The van der Waals surface area contributed by atoms with Crippen molar-refractivity contribution in [1.82, 2.24) is 0 Å². The molecule has 0 saturated carbocycles. The third-order valence-corrected chi connectivity index (χ3v) is 4.43. The van der Waals surface area contributed by atoms with Crippen LogP contribution in [0, 0.1) is 6.92 Å². The molecule has 0 radical (unpaired) electrons. The van der Waals surface area contributed by atoms with Crippen LogP contribution in [-0.4, -0.2) is 16.8 Å². The number of aryl methyl sites for hydroxylation is 1. The molecule has 0 bridgehead atoms. The highest BCUT2D eigenvalue weighted by Crippen LogP contribution is 2.24. The molecule has 0 aliphatic rings. The lowest BCUT2D eigenvalue weighted by atomic mass is 10.0. The molecule has 1 amide bonds. The number of carbonyl (C=O) groups is 2. The minimum absolute atomic E-state index is 0.0185. The van der Waals surface area contributed by atoms with Gasteiger partial charge in [-0.05, 0) is 50.1 Å². The van der Waals surface area contributed by atoms with Crippen LogP contribution in [-0.2, 0) is 11.2 Å². The molecule has 3 aromatic rings. The van der Waals surface area contributed by atoms with E-state index in [1.54, 1.807) is 37.3 Å². The molecule has 138 valence electrons. The Morgan fingerprint density at radius 3 is 2.67 bits per heavy atom. The summed E-state index contributed by atoms with van der Waals surface area (Å²) < 4.78 is 5.26. The Morgan fingerprint density at radius 1 is 1.15 bits per heavy atom. The summed E-state index contributed by atoms with van der Waals surface area (Å²) >= 11 is 0. The maximum absolute atomic E-state index is 12.2. The molecule has 1 aromatic heterocycles. The summed E-state index contributed by atoms with van der Waals surface area (Å²) in [7, 11) is 0. The Labute approximate surface area is 155 Å². The van der Waals surface area contributed by atoms with E-state index in [1.165, 1.54) is 19.1 Å². The van der Waals surface area contributed by atoms with Crippen LogP contribution in [0.25, 0.3) is 11.0 Å². The number of amides is 1. The van der Waals surface area contributed by atoms with Crippen LogP contribution in [0.15, 0.2) is 51.7 Å². The molecule has 0 saturated heterocycles. The molecule has 2 N–H and O–H groups in total. The second kappa shape index (κ2) is 7.45. The highest BCUT2D eigenvalue weighted by molar-refractivity contribution is 5.97. The molecule has 1 heterocycles. The molecule has 0 spiro atoms. The van der Waals surface area contributed by atoms with Gasteiger partial charge in [0.25, 0.3) is 0 Å². The number of benzene rings is 2. The minimum Gasteiger partial charge on any atom is -0.508 e. The molecule has 0 atom stereocenters. The van der Waals surface area contributed by atoms with Crippen LogP contribution in [0.2, 0.25) is 0 Å². The van der Waals surface area contributed by atoms with Crippen molar-refractivity contribution in [2.45, 2.75) is 26.7 Å². The van der Waals surface area contributed by atoms with Gasteiger partial charge in [0.15, 0.2) is 5.78 Å². The van der Waals surface area contributed by atoms with Crippen molar-refractivity contribution in [3.8, 4) is 5.75 Å². The molecule has 0 aliphatic carbocycles. The van der Waals surface area contributed by atoms with Gasteiger partial charge in [-0.15, -0.1) is 0 Å². The molecule has 0 aliphatic heterocycles. The number of ketones is 1. The number of aromatic hydroxyl groups is 1. The monoisotopic (exact) mass is 365 g/mol. The van der Waals surface area contributed by atoms with Gasteiger partial charge in [0, 0.05) is 34.7 Å². The van der Waals surface area contributed by atoms with Crippen molar-refractivity contribution in [3.05, 3.63) is 69.6 Å². The van der Waals surface area contributed by atoms with Crippen molar-refractivity contribution in [3.63, 3.8) is 0 Å². The number of carbonyl (C=O) groups excluding carboxylic acids is 2. The molecule has 6 nitrogen and oxygen atoms in total. The summed E-state index contributed by atoms with van der Waals surface area (Å²) in [5.41, 5.74) is 2.00. The van der Waals surface area contributed by atoms with E-state index < -0.39 is 5.63 Å². The number of rotatable bonds is 5. The highest BCUT2D eigenvalue weighted by Gasteiger charge is 2.14. The summed E-state index contributed by atoms with van der Waals surface area (Å²) in [6, 6.07) is 11.3. The largest absolute Gasteiger partial charge is 0.508 e. The highest BCUT2D eigenvalue weighted by atomic mass is 16.4. The van der Waals surface area contributed by atoms with E-state index in [-0.39, 0.29) is 30.3 Å². The van der Waals surface area contributed by atoms with E-state index in [9.17, 15) is 19.5 Å². The third kappa shape index (κ3) is 4.06. The normalized spacial score (nSPS) is 10.7. The van der Waals surface area contributed by atoms with E-state index in [2.05, 4.69) is 5.32 Å². The zero-order valence-corrected chi connectivity index (χ0v) is 15.0. The Bertz CT molecular complexity index is 1100. The van der Waals surface area contributed by atoms with Crippen molar-refractivity contribution in [1.29, 1.82) is 0 Å². The lowest BCUT2D eigenvalue weighted by Gasteiger charge is -2.09.